The number of pyridine rings is 1. The Morgan fingerprint density at radius 2 is 1.21 bits per heavy atom. The smallest absolute Gasteiger partial charge is 0.193 e. The number of rotatable bonds is 1. The molecule has 6 aromatic rings. The zero-order valence-corrected chi connectivity index (χ0v) is 21.0. The van der Waals surface area contributed by atoms with Gasteiger partial charge in [0.15, 0.2) is 11.7 Å². The summed E-state index contributed by atoms with van der Waals surface area (Å²) in [6.45, 7) is 13.9. The average Bonchev–Trinajstić information content (AvgIpc) is 2.80. The predicted octanol–water partition coefficient (Wildman–Crippen LogP) is 8.74. The maximum absolute atomic E-state index is 2.48. The molecule has 0 unspecified atom stereocenters. The third kappa shape index (κ3) is 3.03. The molecule has 1 heterocycles. The second-order valence-corrected chi connectivity index (χ2v) is 11.7. The molecule has 0 bridgehead atoms. The third-order valence-electron chi connectivity index (χ3n) is 7.27. The zero-order valence-electron chi connectivity index (χ0n) is 21.0. The van der Waals surface area contributed by atoms with Gasteiger partial charge in [-0.1, -0.05) is 81.4 Å². The first-order valence-corrected chi connectivity index (χ1v) is 12.3. The highest BCUT2D eigenvalue weighted by molar-refractivity contribution is 6.26. The lowest BCUT2D eigenvalue weighted by molar-refractivity contribution is -0.743. The van der Waals surface area contributed by atoms with Crippen molar-refractivity contribution in [2.75, 3.05) is 0 Å². The van der Waals surface area contributed by atoms with E-state index < -0.39 is 0 Å². The van der Waals surface area contributed by atoms with Crippen molar-refractivity contribution < 1.29 is 4.57 Å². The minimum absolute atomic E-state index is 0.00750. The molecule has 1 aromatic heterocycles. The summed E-state index contributed by atoms with van der Waals surface area (Å²) in [4.78, 5) is 0. The highest BCUT2D eigenvalue weighted by Crippen LogP contribution is 2.45. The normalized spacial score (nSPS) is 13.0. The summed E-state index contributed by atoms with van der Waals surface area (Å²) >= 11 is 0. The molecule has 0 spiro atoms. The highest BCUT2D eigenvalue weighted by atomic mass is 15.0. The van der Waals surface area contributed by atoms with Gasteiger partial charge < -0.3 is 0 Å². The lowest BCUT2D eigenvalue weighted by Crippen LogP contribution is -2.51. The molecule has 0 amide bonds. The molecule has 1 heteroatoms. The minimum atomic E-state index is -0.0571. The van der Waals surface area contributed by atoms with Crippen molar-refractivity contribution in [2.24, 2.45) is 0 Å². The maximum atomic E-state index is 2.48. The first-order valence-electron chi connectivity index (χ1n) is 12.3. The topological polar surface area (TPSA) is 3.88 Å². The van der Waals surface area contributed by atoms with Crippen molar-refractivity contribution in [1.29, 1.82) is 0 Å². The maximum Gasteiger partial charge on any atom is 0.221 e. The van der Waals surface area contributed by atoms with Gasteiger partial charge in [-0.15, -0.1) is 0 Å². The molecule has 1 nitrogen and oxygen atoms in total. The summed E-state index contributed by atoms with van der Waals surface area (Å²) < 4.78 is 2.48. The third-order valence-corrected chi connectivity index (χ3v) is 7.27. The van der Waals surface area contributed by atoms with E-state index in [2.05, 4.69) is 131 Å². The van der Waals surface area contributed by atoms with Crippen LogP contribution >= 0.6 is 0 Å². The minimum Gasteiger partial charge on any atom is -0.193 e. The van der Waals surface area contributed by atoms with Crippen LogP contribution in [0.15, 0.2) is 85.1 Å². The summed E-state index contributed by atoms with van der Waals surface area (Å²) in [5, 5.41) is 10.6. The molecule has 0 fully saturated rings. The summed E-state index contributed by atoms with van der Waals surface area (Å²) in [6, 6.07) is 29.5. The van der Waals surface area contributed by atoms with Gasteiger partial charge in [-0.2, -0.15) is 4.57 Å². The lowest BCUT2D eigenvalue weighted by Gasteiger charge is -2.27. The van der Waals surface area contributed by atoms with E-state index in [1.807, 2.05) is 0 Å². The predicted molar refractivity (Wildman–Crippen MR) is 147 cm³/mol. The Balaban J connectivity index is 1.92. The van der Waals surface area contributed by atoms with Gasteiger partial charge in [0.05, 0.1) is 10.9 Å². The number of benzene rings is 5. The summed E-state index contributed by atoms with van der Waals surface area (Å²) in [7, 11) is 0. The monoisotopic (exact) mass is 442 g/mol. The molecule has 5 aromatic carbocycles. The van der Waals surface area contributed by atoms with Crippen LogP contribution in [0.1, 0.15) is 47.1 Å². The first kappa shape index (κ1) is 21.1. The van der Waals surface area contributed by atoms with Gasteiger partial charge >= 0.3 is 0 Å². The van der Waals surface area contributed by atoms with Gasteiger partial charge in [0.1, 0.15) is 0 Å². The Morgan fingerprint density at radius 3 is 1.91 bits per heavy atom. The summed E-state index contributed by atoms with van der Waals surface area (Å²) in [6.07, 6.45) is 2.28. The van der Waals surface area contributed by atoms with Gasteiger partial charge in [-0.05, 0) is 60.8 Å². The fraction of sp³-hybridized carbons (Fsp3) is 0.242. The SMILES string of the molecule is CC(C)(C)c1cc2ccc3cccc4ccc(c1-c1c5ccccc5cc[n+]1C(C)(C)C)c2c34. The van der Waals surface area contributed by atoms with E-state index in [4.69, 9.17) is 0 Å². The average molecular weight is 443 g/mol. The van der Waals surface area contributed by atoms with Crippen LogP contribution in [0.2, 0.25) is 0 Å². The van der Waals surface area contributed by atoms with Crippen LogP contribution in [-0.4, -0.2) is 0 Å². The Morgan fingerprint density at radius 1 is 0.559 bits per heavy atom. The number of hydrogen-bond acceptors (Lipinski definition) is 0. The standard InChI is InChI=1S/C33H32N/c1-32(2,3)27-20-24-15-14-22-11-9-12-23-16-17-26(29(24)28(22)23)30(27)31-25-13-8-7-10-21(25)18-19-34(31)33(4,5)6/h7-20H,1-6H3/q+1. The van der Waals surface area contributed by atoms with E-state index in [1.54, 1.807) is 0 Å². The Labute approximate surface area is 202 Å². The molecule has 6 rings (SSSR count). The Hall–Kier alpha value is -3.45. The molecular weight excluding hydrogens is 410 g/mol. The largest absolute Gasteiger partial charge is 0.221 e. The van der Waals surface area contributed by atoms with E-state index in [0.29, 0.717) is 0 Å². The number of nitrogens with zero attached hydrogens (tertiary/aromatic N) is 1. The highest BCUT2D eigenvalue weighted by Gasteiger charge is 2.33. The zero-order chi connectivity index (χ0) is 23.8. The van der Waals surface area contributed by atoms with Gasteiger partial charge in [0, 0.05) is 26.8 Å². The van der Waals surface area contributed by atoms with Crippen LogP contribution in [0, 0.1) is 0 Å². The molecule has 0 saturated heterocycles. The molecule has 168 valence electrons. The van der Waals surface area contributed by atoms with Crippen molar-refractivity contribution in [3.8, 4) is 11.3 Å². The van der Waals surface area contributed by atoms with Gasteiger partial charge in [0.2, 0.25) is 5.69 Å². The molecule has 0 atom stereocenters. The fourth-order valence-electron chi connectivity index (χ4n) is 5.69. The van der Waals surface area contributed by atoms with Crippen molar-refractivity contribution in [3.05, 3.63) is 90.6 Å². The van der Waals surface area contributed by atoms with Crippen molar-refractivity contribution in [1.82, 2.24) is 0 Å². The lowest BCUT2D eigenvalue weighted by atomic mass is 9.77. The van der Waals surface area contributed by atoms with Crippen molar-refractivity contribution >= 4 is 43.1 Å². The number of aromatic nitrogens is 1. The van der Waals surface area contributed by atoms with Crippen LogP contribution in [-0.2, 0) is 11.0 Å². The second-order valence-electron chi connectivity index (χ2n) is 11.7. The molecule has 0 aliphatic rings. The molecule has 0 radical (unpaired) electrons. The van der Waals surface area contributed by atoms with Crippen molar-refractivity contribution in [2.45, 2.75) is 52.5 Å². The molecule has 0 N–H and O–H groups in total. The van der Waals surface area contributed by atoms with Gasteiger partial charge in [-0.25, -0.2) is 0 Å². The Kier molecular flexibility index (Phi) is 4.36. The molecule has 34 heavy (non-hydrogen) atoms. The van der Waals surface area contributed by atoms with E-state index in [0.717, 1.165) is 0 Å². The first-order chi connectivity index (χ1) is 16.1. The van der Waals surface area contributed by atoms with Gasteiger partial charge in [0.25, 0.3) is 0 Å². The van der Waals surface area contributed by atoms with Gasteiger partial charge in [-0.3, -0.25) is 0 Å². The van der Waals surface area contributed by atoms with Crippen molar-refractivity contribution in [3.63, 3.8) is 0 Å². The summed E-state index contributed by atoms with van der Waals surface area (Å²) in [5.41, 5.74) is 4.01. The van der Waals surface area contributed by atoms with E-state index in [-0.39, 0.29) is 11.0 Å². The van der Waals surface area contributed by atoms with Crippen LogP contribution < -0.4 is 4.57 Å². The Bertz CT molecular complexity index is 1690. The quantitative estimate of drug-likeness (QED) is 0.177. The molecule has 0 aliphatic carbocycles. The molecule has 0 saturated carbocycles. The second kappa shape index (κ2) is 7.03. The fourth-order valence-corrected chi connectivity index (χ4v) is 5.69. The summed E-state index contributed by atoms with van der Waals surface area (Å²) in [5.74, 6) is 0. The molecular formula is C33H32N+. The van der Waals surface area contributed by atoms with E-state index in [9.17, 15) is 0 Å². The van der Waals surface area contributed by atoms with Crippen LogP contribution in [0.5, 0.6) is 0 Å². The number of hydrogen-bond donors (Lipinski definition) is 0. The van der Waals surface area contributed by atoms with E-state index in [1.165, 1.54) is 59.9 Å². The van der Waals surface area contributed by atoms with E-state index >= 15 is 0 Å². The number of fused-ring (bicyclic) bond motifs is 1. The van der Waals surface area contributed by atoms with Crippen LogP contribution in [0.3, 0.4) is 0 Å². The van der Waals surface area contributed by atoms with Crippen LogP contribution in [0.4, 0.5) is 0 Å². The van der Waals surface area contributed by atoms with Crippen LogP contribution in [0.25, 0.3) is 54.3 Å². The molecule has 0 aliphatic heterocycles.